The van der Waals surface area contributed by atoms with Gasteiger partial charge in [0.1, 0.15) is 5.60 Å². The maximum absolute atomic E-state index is 13.4. The van der Waals surface area contributed by atoms with Crippen molar-refractivity contribution >= 4 is 30.0 Å². The molecule has 0 N–H and O–H groups in total. The number of hydrogen-bond donors (Lipinski definition) is 0. The first-order chi connectivity index (χ1) is 13.8. The first-order valence-electron chi connectivity index (χ1n) is 10.4. The van der Waals surface area contributed by atoms with Crippen molar-refractivity contribution in [1.29, 1.82) is 0 Å². The second-order valence-corrected chi connectivity index (χ2v) is 14.8. The molecular weight excluding hydrogens is 466 g/mol. The summed E-state index contributed by atoms with van der Waals surface area (Å²) in [7, 11) is 1.13. The summed E-state index contributed by atoms with van der Waals surface area (Å²) in [6.07, 6.45) is 3.90. The molecule has 0 bridgehead atoms. The highest BCUT2D eigenvalue weighted by molar-refractivity contribution is 9.10. The molecule has 1 aromatic rings. The highest BCUT2D eigenvalue weighted by Crippen LogP contribution is 2.40. The van der Waals surface area contributed by atoms with Crippen molar-refractivity contribution in [1.82, 2.24) is 4.98 Å². The molecule has 1 atom stereocenters. The van der Waals surface area contributed by atoms with Crippen LogP contribution in [0.5, 0.6) is 11.5 Å². The van der Waals surface area contributed by atoms with Crippen LogP contribution in [0.1, 0.15) is 64.4 Å². The second kappa shape index (κ2) is 11.1. The standard InChI is InChI=1S/C22H38BrNO5Si/c1-10-11-13-28-18-16(23)15-24-17(19(18)26-6)20(25)22(5,27-7)12-14-29-30(8,9)21(2,3)4/h15H,10-14H2,1-9H3. The average Bonchev–Trinajstić information content (AvgIpc) is 2.67. The van der Waals surface area contributed by atoms with Gasteiger partial charge in [-0.1, -0.05) is 34.1 Å². The van der Waals surface area contributed by atoms with Crippen LogP contribution in [0.2, 0.25) is 18.1 Å². The quantitative estimate of drug-likeness (QED) is 0.197. The summed E-state index contributed by atoms with van der Waals surface area (Å²) in [5.41, 5.74) is -0.888. The number of halogens is 1. The number of methoxy groups -OCH3 is 2. The number of hydrogen-bond acceptors (Lipinski definition) is 6. The molecule has 0 aromatic carbocycles. The first-order valence-corrected chi connectivity index (χ1v) is 14.1. The zero-order valence-electron chi connectivity index (χ0n) is 20.0. The molecule has 30 heavy (non-hydrogen) atoms. The third-order valence-electron chi connectivity index (χ3n) is 5.89. The number of Topliss-reactive ketones (excluding diaryl/α,β-unsaturated/α-hetero) is 1. The minimum Gasteiger partial charge on any atom is -0.491 e. The predicted molar refractivity (Wildman–Crippen MR) is 126 cm³/mol. The van der Waals surface area contributed by atoms with Crippen LogP contribution in [0.3, 0.4) is 0 Å². The molecule has 0 saturated carbocycles. The molecule has 0 aliphatic rings. The van der Waals surface area contributed by atoms with E-state index in [1.54, 1.807) is 13.1 Å². The van der Waals surface area contributed by atoms with Crippen molar-refractivity contribution in [3.8, 4) is 11.5 Å². The molecule has 0 spiro atoms. The molecule has 0 saturated heterocycles. The van der Waals surface area contributed by atoms with E-state index in [1.165, 1.54) is 14.2 Å². The van der Waals surface area contributed by atoms with E-state index in [9.17, 15) is 4.79 Å². The monoisotopic (exact) mass is 503 g/mol. The highest BCUT2D eigenvalue weighted by atomic mass is 79.9. The van der Waals surface area contributed by atoms with Crippen LogP contribution >= 0.6 is 15.9 Å². The number of unbranched alkanes of at least 4 members (excludes halogenated alkanes) is 1. The molecule has 0 aliphatic heterocycles. The lowest BCUT2D eigenvalue weighted by molar-refractivity contribution is -0.000270. The van der Waals surface area contributed by atoms with Crippen LogP contribution in [0.25, 0.3) is 0 Å². The van der Waals surface area contributed by atoms with Crippen LogP contribution in [-0.4, -0.2) is 52.1 Å². The molecule has 172 valence electrons. The maximum Gasteiger partial charge on any atom is 0.216 e. The summed E-state index contributed by atoms with van der Waals surface area (Å²) in [5, 5.41) is 0.0989. The molecular formula is C22H38BrNO5Si. The lowest BCUT2D eigenvalue weighted by atomic mass is 9.93. The lowest BCUT2D eigenvalue weighted by Gasteiger charge is -2.37. The summed E-state index contributed by atoms with van der Waals surface area (Å²) in [5.74, 6) is 0.549. The summed E-state index contributed by atoms with van der Waals surface area (Å²) in [4.78, 5) is 17.8. The Morgan fingerprint density at radius 2 is 1.77 bits per heavy atom. The van der Waals surface area contributed by atoms with Gasteiger partial charge < -0.3 is 18.6 Å². The molecule has 0 fully saturated rings. The van der Waals surface area contributed by atoms with Gasteiger partial charge in [-0.15, -0.1) is 0 Å². The van der Waals surface area contributed by atoms with E-state index in [2.05, 4.69) is 61.7 Å². The zero-order valence-corrected chi connectivity index (χ0v) is 22.6. The number of pyridine rings is 1. The molecule has 1 rings (SSSR count). The van der Waals surface area contributed by atoms with Crippen LogP contribution in [0, 0.1) is 0 Å². The lowest BCUT2D eigenvalue weighted by Crippen LogP contribution is -2.44. The van der Waals surface area contributed by atoms with Crippen molar-refractivity contribution < 1.29 is 23.4 Å². The number of carbonyl (C=O) groups excluding carboxylic acids is 1. The minimum absolute atomic E-state index is 0.0989. The molecule has 6 nitrogen and oxygen atoms in total. The number of rotatable bonds is 12. The zero-order chi connectivity index (χ0) is 23.2. The van der Waals surface area contributed by atoms with Gasteiger partial charge in [0.05, 0.1) is 18.2 Å². The second-order valence-electron chi connectivity index (χ2n) is 9.14. The van der Waals surface area contributed by atoms with Crippen molar-refractivity contribution in [3.05, 3.63) is 16.4 Å². The molecule has 1 aromatic heterocycles. The van der Waals surface area contributed by atoms with Crippen LogP contribution in [0.4, 0.5) is 0 Å². The summed E-state index contributed by atoms with van der Waals surface area (Å²) < 4.78 is 24.0. The summed E-state index contributed by atoms with van der Waals surface area (Å²) >= 11 is 3.45. The van der Waals surface area contributed by atoms with Crippen LogP contribution in [0.15, 0.2) is 10.7 Å². The van der Waals surface area contributed by atoms with E-state index < -0.39 is 13.9 Å². The minimum atomic E-state index is -1.92. The average molecular weight is 505 g/mol. The topological polar surface area (TPSA) is 66.9 Å². The van der Waals surface area contributed by atoms with Gasteiger partial charge in [-0.25, -0.2) is 4.98 Å². The molecule has 0 radical (unpaired) electrons. The summed E-state index contributed by atoms with van der Waals surface area (Å²) in [6, 6.07) is 0. The SMILES string of the molecule is CCCCOc1c(Br)cnc(C(=O)C(C)(CCO[Si](C)(C)C(C)(C)C)OC)c1OC. The number of aromatic nitrogens is 1. The predicted octanol–water partition coefficient (Wildman–Crippen LogP) is 6.03. The van der Waals surface area contributed by atoms with Crippen molar-refractivity contribution in [3.63, 3.8) is 0 Å². The van der Waals surface area contributed by atoms with Crippen LogP contribution < -0.4 is 9.47 Å². The number of ketones is 1. The van der Waals surface area contributed by atoms with E-state index in [-0.39, 0.29) is 16.5 Å². The fourth-order valence-corrected chi connectivity index (χ4v) is 3.98. The Hall–Kier alpha value is -0.963. The van der Waals surface area contributed by atoms with Crippen molar-refractivity contribution in [2.75, 3.05) is 27.4 Å². The van der Waals surface area contributed by atoms with Gasteiger partial charge in [0.2, 0.25) is 5.78 Å². The molecule has 8 heteroatoms. The van der Waals surface area contributed by atoms with Crippen molar-refractivity contribution in [2.24, 2.45) is 0 Å². The molecule has 1 unspecified atom stereocenters. The van der Waals surface area contributed by atoms with E-state index in [0.717, 1.165) is 12.8 Å². The third-order valence-corrected chi connectivity index (χ3v) is 11.0. The van der Waals surface area contributed by atoms with Crippen molar-refractivity contribution in [2.45, 2.75) is 77.6 Å². The fourth-order valence-electron chi connectivity index (χ4n) is 2.53. The van der Waals surface area contributed by atoms with Gasteiger partial charge in [-0.2, -0.15) is 0 Å². The van der Waals surface area contributed by atoms with Gasteiger partial charge in [0, 0.05) is 26.3 Å². The normalized spacial score (nSPS) is 14.3. The Morgan fingerprint density at radius 3 is 2.27 bits per heavy atom. The Morgan fingerprint density at radius 1 is 1.13 bits per heavy atom. The Bertz CT molecular complexity index is 720. The number of carbonyl (C=O) groups is 1. The van der Waals surface area contributed by atoms with Gasteiger partial charge in [0.25, 0.3) is 0 Å². The Balaban J connectivity index is 3.11. The largest absolute Gasteiger partial charge is 0.491 e. The van der Waals surface area contributed by atoms with E-state index in [4.69, 9.17) is 18.6 Å². The van der Waals surface area contributed by atoms with Gasteiger partial charge in [-0.05, 0) is 47.4 Å². The van der Waals surface area contributed by atoms with E-state index >= 15 is 0 Å². The summed E-state index contributed by atoms with van der Waals surface area (Å²) in [6.45, 7) is 15.8. The molecule has 1 heterocycles. The highest BCUT2D eigenvalue weighted by Gasteiger charge is 2.40. The third kappa shape index (κ3) is 6.52. The number of nitrogens with zero attached hydrogens (tertiary/aromatic N) is 1. The Kier molecular flexibility index (Phi) is 9.99. The first kappa shape index (κ1) is 27.1. The van der Waals surface area contributed by atoms with Crippen LogP contribution in [-0.2, 0) is 9.16 Å². The molecule has 0 aliphatic carbocycles. The molecule has 0 amide bonds. The van der Waals surface area contributed by atoms with E-state index in [0.29, 0.717) is 35.6 Å². The Labute approximate surface area is 191 Å². The fraction of sp³-hybridized carbons (Fsp3) is 0.727. The smallest absolute Gasteiger partial charge is 0.216 e. The number of ether oxygens (including phenoxy) is 3. The van der Waals surface area contributed by atoms with E-state index in [1.807, 2.05) is 0 Å². The van der Waals surface area contributed by atoms with Gasteiger partial charge >= 0.3 is 0 Å². The van der Waals surface area contributed by atoms with Gasteiger partial charge in [0.15, 0.2) is 25.5 Å². The maximum atomic E-state index is 13.4. The van der Waals surface area contributed by atoms with Gasteiger partial charge in [-0.3, -0.25) is 4.79 Å².